The standard InChI is InChI=1S/C15H18F3N3O2S.ClH/c16-15(17,18)14-4-3-13(8-12(14)9-20)24(22,23)21-7-1-2-11(10-21)5-6-19;/h3-4,8,11H,1-2,5-7,10,19H2;1H. The Morgan fingerprint density at radius 2 is 2.04 bits per heavy atom. The molecule has 140 valence electrons. The first-order valence-corrected chi connectivity index (χ1v) is 8.95. The van der Waals surface area contributed by atoms with Crippen LogP contribution in [0.25, 0.3) is 0 Å². The molecule has 1 fully saturated rings. The van der Waals surface area contributed by atoms with E-state index in [0.29, 0.717) is 38.5 Å². The van der Waals surface area contributed by atoms with Crippen molar-refractivity contribution < 1.29 is 21.6 Å². The largest absolute Gasteiger partial charge is 0.417 e. The molecule has 1 heterocycles. The van der Waals surface area contributed by atoms with Crippen molar-refractivity contribution in [2.45, 2.75) is 30.3 Å². The lowest BCUT2D eigenvalue weighted by Crippen LogP contribution is -2.40. The molecule has 1 unspecified atom stereocenters. The number of nitriles is 1. The summed E-state index contributed by atoms with van der Waals surface area (Å²) in [6.07, 6.45) is -2.46. The Labute approximate surface area is 151 Å². The van der Waals surface area contributed by atoms with Crippen molar-refractivity contribution in [3.8, 4) is 6.07 Å². The van der Waals surface area contributed by atoms with Gasteiger partial charge in [-0.25, -0.2) is 8.42 Å². The van der Waals surface area contributed by atoms with Crippen molar-refractivity contribution in [1.29, 1.82) is 5.26 Å². The summed E-state index contributed by atoms with van der Waals surface area (Å²) in [5.41, 5.74) is 3.68. The van der Waals surface area contributed by atoms with E-state index in [1.807, 2.05) is 0 Å². The van der Waals surface area contributed by atoms with E-state index in [0.717, 1.165) is 18.6 Å². The summed E-state index contributed by atoms with van der Waals surface area (Å²) >= 11 is 0. The fourth-order valence-electron chi connectivity index (χ4n) is 2.89. The van der Waals surface area contributed by atoms with Gasteiger partial charge in [0.05, 0.1) is 22.1 Å². The first-order chi connectivity index (χ1) is 11.2. The van der Waals surface area contributed by atoms with Crippen molar-refractivity contribution in [3.05, 3.63) is 29.3 Å². The highest BCUT2D eigenvalue weighted by Crippen LogP contribution is 2.34. The van der Waals surface area contributed by atoms with Crippen LogP contribution in [0.1, 0.15) is 30.4 Å². The minimum atomic E-state index is -4.70. The lowest BCUT2D eigenvalue weighted by molar-refractivity contribution is -0.137. The summed E-state index contributed by atoms with van der Waals surface area (Å²) < 4.78 is 65.1. The third kappa shape index (κ3) is 4.85. The van der Waals surface area contributed by atoms with Crippen LogP contribution in [0.4, 0.5) is 13.2 Å². The van der Waals surface area contributed by atoms with Crippen molar-refractivity contribution >= 4 is 22.4 Å². The molecular weight excluding hydrogens is 379 g/mol. The van der Waals surface area contributed by atoms with Gasteiger partial charge >= 0.3 is 6.18 Å². The van der Waals surface area contributed by atoms with E-state index in [4.69, 9.17) is 11.0 Å². The molecule has 1 atom stereocenters. The van der Waals surface area contributed by atoms with E-state index in [9.17, 15) is 21.6 Å². The van der Waals surface area contributed by atoms with E-state index < -0.39 is 27.3 Å². The van der Waals surface area contributed by atoms with Crippen molar-refractivity contribution in [2.75, 3.05) is 19.6 Å². The van der Waals surface area contributed by atoms with Crippen LogP contribution in [-0.2, 0) is 16.2 Å². The Bertz CT molecular complexity index is 745. The van der Waals surface area contributed by atoms with Crippen LogP contribution in [0.15, 0.2) is 23.1 Å². The van der Waals surface area contributed by atoms with E-state index >= 15 is 0 Å². The maximum absolute atomic E-state index is 12.8. The zero-order valence-electron chi connectivity index (χ0n) is 13.3. The Morgan fingerprint density at radius 3 is 2.60 bits per heavy atom. The summed E-state index contributed by atoms with van der Waals surface area (Å²) in [6.45, 7) is 1.06. The molecule has 0 aromatic heterocycles. The smallest absolute Gasteiger partial charge is 0.330 e. The van der Waals surface area contributed by atoms with Crippen LogP contribution in [0.3, 0.4) is 0 Å². The van der Waals surface area contributed by atoms with Crippen molar-refractivity contribution in [1.82, 2.24) is 4.31 Å². The molecule has 0 spiro atoms. The van der Waals surface area contributed by atoms with Crippen LogP contribution in [0, 0.1) is 17.2 Å². The topological polar surface area (TPSA) is 87.2 Å². The molecule has 2 rings (SSSR count). The molecule has 1 saturated heterocycles. The number of nitrogens with zero attached hydrogens (tertiary/aromatic N) is 2. The molecular formula is C15H19ClF3N3O2S. The highest BCUT2D eigenvalue weighted by atomic mass is 35.5. The highest BCUT2D eigenvalue weighted by Gasteiger charge is 2.36. The second kappa shape index (κ2) is 8.36. The third-order valence-corrected chi connectivity index (χ3v) is 5.97. The van der Waals surface area contributed by atoms with Gasteiger partial charge in [0.2, 0.25) is 10.0 Å². The van der Waals surface area contributed by atoms with Gasteiger partial charge in [-0.05, 0) is 49.9 Å². The molecule has 10 heteroatoms. The number of nitrogens with two attached hydrogens (primary N) is 1. The number of piperidine rings is 1. The van der Waals surface area contributed by atoms with Gasteiger partial charge in [-0.2, -0.15) is 22.7 Å². The van der Waals surface area contributed by atoms with Gasteiger partial charge in [-0.15, -0.1) is 12.4 Å². The maximum atomic E-state index is 12.8. The van der Waals surface area contributed by atoms with Gasteiger partial charge in [-0.1, -0.05) is 0 Å². The summed E-state index contributed by atoms with van der Waals surface area (Å²) in [5.74, 6) is 0.142. The van der Waals surface area contributed by atoms with Crippen molar-refractivity contribution in [2.24, 2.45) is 11.7 Å². The van der Waals surface area contributed by atoms with Gasteiger partial charge in [-0.3, -0.25) is 0 Å². The van der Waals surface area contributed by atoms with Crippen LogP contribution < -0.4 is 5.73 Å². The van der Waals surface area contributed by atoms with Gasteiger partial charge in [0, 0.05) is 13.1 Å². The average molecular weight is 398 g/mol. The molecule has 1 aliphatic rings. The zero-order valence-corrected chi connectivity index (χ0v) is 14.9. The first-order valence-electron chi connectivity index (χ1n) is 7.51. The summed E-state index contributed by atoms with van der Waals surface area (Å²) in [7, 11) is -3.93. The highest BCUT2D eigenvalue weighted by molar-refractivity contribution is 7.89. The number of hydrogen-bond acceptors (Lipinski definition) is 4. The lowest BCUT2D eigenvalue weighted by Gasteiger charge is -2.31. The predicted octanol–water partition coefficient (Wildman–Crippen LogP) is 2.75. The molecule has 0 aliphatic carbocycles. The normalized spacial score (nSPS) is 19.1. The summed E-state index contributed by atoms with van der Waals surface area (Å²) in [4.78, 5) is -0.291. The van der Waals surface area contributed by atoms with Gasteiger partial charge in [0.25, 0.3) is 0 Å². The number of halogens is 4. The number of alkyl halides is 3. The fraction of sp³-hybridized carbons (Fsp3) is 0.533. The lowest BCUT2D eigenvalue weighted by atomic mass is 9.96. The van der Waals surface area contributed by atoms with E-state index in [1.165, 1.54) is 10.4 Å². The van der Waals surface area contributed by atoms with E-state index in [1.54, 1.807) is 0 Å². The van der Waals surface area contributed by atoms with Gasteiger partial charge in [0.15, 0.2) is 0 Å². The quantitative estimate of drug-likeness (QED) is 0.846. The third-order valence-electron chi connectivity index (χ3n) is 4.11. The molecule has 0 bridgehead atoms. The monoisotopic (exact) mass is 397 g/mol. The number of benzene rings is 1. The van der Waals surface area contributed by atoms with E-state index in [2.05, 4.69) is 0 Å². The Balaban J connectivity index is 0.00000312. The Kier molecular flexibility index (Phi) is 7.26. The second-order valence-corrected chi connectivity index (χ2v) is 7.70. The minimum absolute atomic E-state index is 0. The Morgan fingerprint density at radius 1 is 1.36 bits per heavy atom. The van der Waals surface area contributed by atoms with Crippen LogP contribution in [0.2, 0.25) is 0 Å². The molecule has 2 N–H and O–H groups in total. The van der Waals surface area contributed by atoms with Crippen LogP contribution in [-0.4, -0.2) is 32.4 Å². The predicted molar refractivity (Wildman–Crippen MR) is 88.6 cm³/mol. The zero-order chi connectivity index (χ0) is 18.0. The minimum Gasteiger partial charge on any atom is -0.330 e. The van der Waals surface area contributed by atoms with Crippen LogP contribution in [0.5, 0.6) is 0 Å². The summed E-state index contributed by atoms with van der Waals surface area (Å²) in [5, 5.41) is 8.92. The summed E-state index contributed by atoms with van der Waals surface area (Å²) in [6, 6.07) is 3.78. The number of rotatable bonds is 4. The number of hydrogen-bond donors (Lipinski definition) is 1. The fourth-order valence-corrected chi connectivity index (χ4v) is 4.47. The van der Waals surface area contributed by atoms with Gasteiger partial charge < -0.3 is 5.73 Å². The molecule has 25 heavy (non-hydrogen) atoms. The van der Waals surface area contributed by atoms with Crippen LogP contribution >= 0.6 is 12.4 Å². The first kappa shape index (κ1) is 21.7. The van der Waals surface area contributed by atoms with E-state index in [-0.39, 0.29) is 23.2 Å². The number of sulfonamides is 1. The maximum Gasteiger partial charge on any atom is 0.417 e. The molecule has 1 aromatic carbocycles. The molecule has 1 aromatic rings. The molecule has 0 saturated carbocycles. The van der Waals surface area contributed by atoms with Crippen molar-refractivity contribution in [3.63, 3.8) is 0 Å². The SMILES string of the molecule is Cl.N#Cc1cc(S(=O)(=O)N2CCCC(CCN)C2)ccc1C(F)(F)F. The Hall–Kier alpha value is -1.34. The molecule has 0 amide bonds. The molecule has 1 aliphatic heterocycles. The molecule has 5 nitrogen and oxygen atoms in total. The molecule has 0 radical (unpaired) electrons. The average Bonchev–Trinajstić information content (AvgIpc) is 2.54. The second-order valence-electron chi connectivity index (χ2n) is 5.77. The van der Waals surface area contributed by atoms with Gasteiger partial charge in [0.1, 0.15) is 0 Å².